The van der Waals surface area contributed by atoms with Gasteiger partial charge in [0.1, 0.15) is 6.04 Å². The maximum Gasteiger partial charge on any atom is 0.243 e. The Balaban J connectivity index is 2.13. The molecule has 0 radical (unpaired) electrons. The average Bonchev–Trinajstić information content (AvgIpc) is 2.58. The maximum atomic E-state index is 12.6. The van der Waals surface area contributed by atoms with Crippen molar-refractivity contribution in [3.8, 4) is 0 Å². The van der Waals surface area contributed by atoms with Gasteiger partial charge in [0, 0.05) is 16.6 Å². The van der Waals surface area contributed by atoms with Crippen LogP contribution in [-0.2, 0) is 21.2 Å². The molecule has 0 aliphatic rings. The number of nitrogens with one attached hydrogen (secondary N) is 1. The number of halogens is 2. The van der Waals surface area contributed by atoms with Crippen molar-refractivity contribution in [1.82, 2.24) is 5.32 Å². The number of amides is 1. The molecule has 8 heteroatoms. The SMILES string of the molecule is Cc1ccc(Cl)cc1N([C@H](C)C(=O)NCCc1ccc(Cl)cc1)S(C)(=O)=O. The zero-order valence-corrected chi connectivity index (χ0v) is 17.7. The van der Waals surface area contributed by atoms with Crippen LogP contribution in [0.3, 0.4) is 0 Å². The monoisotopic (exact) mass is 428 g/mol. The summed E-state index contributed by atoms with van der Waals surface area (Å²) in [4.78, 5) is 12.6. The van der Waals surface area contributed by atoms with Gasteiger partial charge in [-0.1, -0.05) is 41.4 Å². The molecule has 0 saturated carbocycles. The summed E-state index contributed by atoms with van der Waals surface area (Å²) in [5, 5.41) is 3.84. The molecule has 1 N–H and O–H groups in total. The molecule has 0 aliphatic heterocycles. The van der Waals surface area contributed by atoms with Crippen LogP contribution in [-0.4, -0.2) is 33.2 Å². The molecule has 2 rings (SSSR count). The first-order valence-electron chi connectivity index (χ1n) is 8.37. The van der Waals surface area contributed by atoms with E-state index in [1.165, 1.54) is 0 Å². The number of aryl methyl sites for hydroxylation is 1. The first-order valence-corrected chi connectivity index (χ1v) is 11.0. The molecule has 2 aromatic carbocycles. The highest BCUT2D eigenvalue weighted by molar-refractivity contribution is 7.92. The molecule has 0 saturated heterocycles. The molecule has 0 bridgehead atoms. The van der Waals surface area contributed by atoms with Crippen LogP contribution < -0.4 is 9.62 Å². The minimum Gasteiger partial charge on any atom is -0.354 e. The lowest BCUT2D eigenvalue weighted by atomic mass is 10.1. The summed E-state index contributed by atoms with van der Waals surface area (Å²) >= 11 is 11.9. The van der Waals surface area contributed by atoms with Crippen LogP contribution in [0.15, 0.2) is 42.5 Å². The van der Waals surface area contributed by atoms with Gasteiger partial charge in [0.25, 0.3) is 0 Å². The molecular weight excluding hydrogens is 407 g/mol. The molecule has 5 nitrogen and oxygen atoms in total. The maximum absolute atomic E-state index is 12.6. The zero-order valence-electron chi connectivity index (χ0n) is 15.4. The Hall–Kier alpha value is -1.76. The van der Waals surface area contributed by atoms with Gasteiger partial charge >= 0.3 is 0 Å². The van der Waals surface area contributed by atoms with E-state index < -0.39 is 16.1 Å². The Kier molecular flexibility index (Phi) is 7.14. The van der Waals surface area contributed by atoms with Gasteiger partial charge in [0.2, 0.25) is 15.9 Å². The minimum absolute atomic E-state index is 0.381. The number of sulfonamides is 1. The Morgan fingerprint density at radius 2 is 1.70 bits per heavy atom. The number of hydrogen-bond donors (Lipinski definition) is 1. The standard InChI is InChI=1S/C19H22Cl2N2O3S/c1-13-4-7-17(21)12-18(13)23(27(3,25)26)14(2)19(24)22-11-10-15-5-8-16(20)9-6-15/h4-9,12,14H,10-11H2,1-3H3,(H,22,24)/t14-/m1/s1. The smallest absolute Gasteiger partial charge is 0.243 e. The molecule has 0 aliphatic carbocycles. The molecule has 0 fully saturated rings. The normalized spacial score (nSPS) is 12.5. The predicted octanol–water partition coefficient (Wildman–Crippen LogP) is 3.82. The third-order valence-corrected chi connectivity index (χ3v) is 5.84. The van der Waals surface area contributed by atoms with Crippen LogP contribution in [0.1, 0.15) is 18.1 Å². The molecular formula is C19H22Cl2N2O3S. The second-order valence-electron chi connectivity index (χ2n) is 6.33. The summed E-state index contributed by atoms with van der Waals surface area (Å²) in [6, 6.07) is 11.4. The number of anilines is 1. The number of nitrogens with zero attached hydrogens (tertiary/aromatic N) is 1. The molecule has 146 valence electrons. The number of carbonyl (C=O) groups is 1. The molecule has 2 aromatic rings. The van der Waals surface area contributed by atoms with Crippen LogP contribution in [0.2, 0.25) is 10.0 Å². The Morgan fingerprint density at radius 3 is 2.30 bits per heavy atom. The summed E-state index contributed by atoms with van der Waals surface area (Å²) in [6.45, 7) is 3.71. The Bertz CT molecular complexity index is 915. The highest BCUT2D eigenvalue weighted by atomic mass is 35.5. The van der Waals surface area contributed by atoms with Crippen molar-refractivity contribution >= 4 is 44.8 Å². The largest absolute Gasteiger partial charge is 0.354 e. The predicted molar refractivity (Wildman–Crippen MR) is 111 cm³/mol. The van der Waals surface area contributed by atoms with E-state index in [-0.39, 0.29) is 5.91 Å². The van der Waals surface area contributed by atoms with Gasteiger partial charge in [0.15, 0.2) is 0 Å². The highest BCUT2D eigenvalue weighted by Crippen LogP contribution is 2.28. The van der Waals surface area contributed by atoms with Crippen LogP contribution in [0.5, 0.6) is 0 Å². The fourth-order valence-corrected chi connectivity index (χ4v) is 4.25. The van der Waals surface area contributed by atoms with Gasteiger partial charge in [-0.25, -0.2) is 8.42 Å². The van der Waals surface area contributed by atoms with Crippen molar-refractivity contribution in [3.63, 3.8) is 0 Å². The molecule has 0 aromatic heterocycles. The first-order chi connectivity index (χ1) is 12.6. The average molecular weight is 429 g/mol. The number of hydrogen-bond acceptors (Lipinski definition) is 3. The van der Waals surface area contributed by atoms with E-state index in [2.05, 4.69) is 5.32 Å². The molecule has 27 heavy (non-hydrogen) atoms. The van der Waals surface area contributed by atoms with E-state index in [9.17, 15) is 13.2 Å². The number of benzene rings is 2. The van der Waals surface area contributed by atoms with E-state index >= 15 is 0 Å². The topological polar surface area (TPSA) is 66.5 Å². The Labute approximate surface area is 170 Å². The third kappa shape index (κ3) is 5.86. The van der Waals surface area contributed by atoms with E-state index in [1.807, 2.05) is 12.1 Å². The van der Waals surface area contributed by atoms with Crippen molar-refractivity contribution in [2.45, 2.75) is 26.3 Å². The number of carbonyl (C=O) groups excluding carboxylic acids is 1. The lowest BCUT2D eigenvalue weighted by molar-refractivity contribution is -0.121. The fraction of sp³-hybridized carbons (Fsp3) is 0.316. The summed E-state index contributed by atoms with van der Waals surface area (Å²) in [5.74, 6) is -0.381. The summed E-state index contributed by atoms with van der Waals surface area (Å²) < 4.78 is 25.8. The van der Waals surface area contributed by atoms with Gasteiger partial charge < -0.3 is 5.32 Å². The van der Waals surface area contributed by atoms with Gasteiger partial charge in [0.05, 0.1) is 11.9 Å². The van der Waals surface area contributed by atoms with Crippen LogP contribution >= 0.6 is 23.2 Å². The van der Waals surface area contributed by atoms with Gasteiger partial charge in [-0.2, -0.15) is 0 Å². The first kappa shape index (κ1) is 21.5. The van der Waals surface area contributed by atoms with Crippen LogP contribution in [0.25, 0.3) is 0 Å². The van der Waals surface area contributed by atoms with Crippen LogP contribution in [0, 0.1) is 6.92 Å². The van der Waals surface area contributed by atoms with Gasteiger partial charge in [-0.3, -0.25) is 9.10 Å². The van der Waals surface area contributed by atoms with Gasteiger partial charge in [-0.15, -0.1) is 0 Å². The lowest BCUT2D eigenvalue weighted by Crippen LogP contribution is -2.48. The van der Waals surface area contributed by atoms with Gasteiger partial charge in [-0.05, 0) is 55.7 Å². The van der Waals surface area contributed by atoms with Crippen molar-refractivity contribution in [1.29, 1.82) is 0 Å². The summed E-state index contributed by atoms with van der Waals surface area (Å²) in [7, 11) is -3.68. The van der Waals surface area contributed by atoms with Crippen molar-refractivity contribution in [2.75, 3.05) is 17.1 Å². The van der Waals surface area contributed by atoms with E-state index in [0.717, 1.165) is 16.1 Å². The molecule has 1 amide bonds. The van der Waals surface area contributed by atoms with E-state index in [4.69, 9.17) is 23.2 Å². The molecule has 0 unspecified atom stereocenters. The summed E-state index contributed by atoms with van der Waals surface area (Å²) in [6.07, 6.45) is 1.69. The second kappa shape index (κ2) is 8.95. The zero-order chi connectivity index (χ0) is 20.2. The fourth-order valence-electron chi connectivity index (χ4n) is 2.73. The van der Waals surface area contributed by atoms with Crippen molar-refractivity contribution in [2.24, 2.45) is 0 Å². The third-order valence-electron chi connectivity index (χ3n) is 4.12. The molecule has 0 heterocycles. The highest BCUT2D eigenvalue weighted by Gasteiger charge is 2.30. The molecule has 1 atom stereocenters. The van der Waals surface area contributed by atoms with Crippen LogP contribution in [0.4, 0.5) is 5.69 Å². The minimum atomic E-state index is -3.68. The van der Waals surface area contributed by atoms with E-state index in [0.29, 0.717) is 34.3 Å². The number of rotatable bonds is 7. The summed E-state index contributed by atoms with van der Waals surface area (Å²) in [5.41, 5.74) is 2.13. The second-order valence-corrected chi connectivity index (χ2v) is 9.07. The van der Waals surface area contributed by atoms with Crippen molar-refractivity contribution in [3.05, 3.63) is 63.6 Å². The van der Waals surface area contributed by atoms with E-state index in [1.54, 1.807) is 44.2 Å². The Morgan fingerprint density at radius 1 is 1.11 bits per heavy atom. The lowest BCUT2D eigenvalue weighted by Gasteiger charge is -2.29. The molecule has 0 spiro atoms. The quantitative estimate of drug-likeness (QED) is 0.728. The van der Waals surface area contributed by atoms with Crippen molar-refractivity contribution < 1.29 is 13.2 Å².